The molecule has 0 radical (unpaired) electrons. The molecule has 6 nitrogen and oxygen atoms in total. The van der Waals surface area contributed by atoms with Gasteiger partial charge in [-0.3, -0.25) is 14.9 Å². The molecule has 4 rings (SSSR count). The Morgan fingerprint density at radius 2 is 1.57 bits per heavy atom. The zero-order valence-corrected chi connectivity index (χ0v) is 21.4. The van der Waals surface area contributed by atoms with Gasteiger partial charge < -0.3 is 10.2 Å². The van der Waals surface area contributed by atoms with Crippen molar-refractivity contribution in [3.63, 3.8) is 0 Å². The summed E-state index contributed by atoms with van der Waals surface area (Å²) in [5.41, 5.74) is 2.09. The highest BCUT2D eigenvalue weighted by molar-refractivity contribution is 8.22. The summed E-state index contributed by atoms with van der Waals surface area (Å²) in [5, 5.41) is 13.8. The Balaban J connectivity index is 1.22. The maximum Gasteiger partial charge on any atom is 0.269 e. The third kappa shape index (κ3) is 7.30. The molecule has 1 saturated heterocycles. The summed E-state index contributed by atoms with van der Waals surface area (Å²) >= 11 is 8.81. The van der Waals surface area contributed by atoms with E-state index in [9.17, 15) is 14.9 Å². The summed E-state index contributed by atoms with van der Waals surface area (Å²) in [7, 11) is 0. The standard InChI is InChI=1S/C26H25N3O3S3/c30-25(20-14-16-28(17-15-20)26(33)34-18-19-4-2-1-3-5-19)27-21-6-10-23(11-7-21)35-24-12-8-22(9-13-24)29(31)32/h1-13,20H,14-18H2,(H,27,30). The number of hydrogen-bond acceptors (Lipinski definition) is 6. The molecule has 35 heavy (non-hydrogen) atoms. The van der Waals surface area contributed by atoms with Crippen molar-refractivity contribution in [1.29, 1.82) is 0 Å². The van der Waals surface area contributed by atoms with Crippen molar-refractivity contribution in [3.05, 3.63) is 94.5 Å². The van der Waals surface area contributed by atoms with Crippen molar-refractivity contribution in [2.24, 2.45) is 5.92 Å². The normalized spacial score (nSPS) is 13.9. The molecule has 1 aliphatic rings. The van der Waals surface area contributed by atoms with Crippen LogP contribution in [0.15, 0.2) is 88.7 Å². The van der Waals surface area contributed by atoms with E-state index in [0.29, 0.717) is 0 Å². The predicted octanol–water partition coefficient (Wildman–Crippen LogP) is 6.61. The van der Waals surface area contributed by atoms with E-state index in [1.54, 1.807) is 23.9 Å². The van der Waals surface area contributed by atoms with Crippen molar-refractivity contribution in [3.8, 4) is 0 Å². The molecule has 0 spiro atoms. The molecule has 3 aromatic carbocycles. The van der Waals surface area contributed by atoms with Gasteiger partial charge in [0.15, 0.2) is 0 Å². The third-order valence-corrected chi connectivity index (χ3v) is 8.34. The van der Waals surface area contributed by atoms with E-state index in [-0.39, 0.29) is 17.5 Å². The van der Waals surface area contributed by atoms with Crippen LogP contribution in [-0.2, 0) is 10.5 Å². The first kappa shape index (κ1) is 25.2. The minimum Gasteiger partial charge on any atom is -0.357 e. The number of likely N-dealkylation sites (tertiary alicyclic amines) is 1. The highest BCUT2D eigenvalue weighted by Crippen LogP contribution is 2.30. The second-order valence-electron chi connectivity index (χ2n) is 8.17. The van der Waals surface area contributed by atoms with Gasteiger partial charge in [-0.1, -0.05) is 66.1 Å². The summed E-state index contributed by atoms with van der Waals surface area (Å²) in [6, 6.07) is 24.4. The van der Waals surface area contributed by atoms with Crippen molar-refractivity contribution >= 4 is 57.3 Å². The Bertz CT molecular complexity index is 1160. The van der Waals surface area contributed by atoms with Crippen molar-refractivity contribution in [2.45, 2.75) is 28.4 Å². The highest BCUT2D eigenvalue weighted by Gasteiger charge is 2.26. The van der Waals surface area contributed by atoms with Gasteiger partial charge in [-0.05, 0) is 54.8 Å². The molecule has 0 bridgehead atoms. The van der Waals surface area contributed by atoms with Gasteiger partial charge in [0.05, 0.1) is 4.92 Å². The van der Waals surface area contributed by atoms with Gasteiger partial charge in [-0.25, -0.2) is 0 Å². The summed E-state index contributed by atoms with van der Waals surface area (Å²) in [6.07, 6.45) is 1.57. The number of carbonyl (C=O) groups is 1. The number of anilines is 1. The smallest absolute Gasteiger partial charge is 0.269 e. The lowest BCUT2D eigenvalue weighted by atomic mass is 9.96. The van der Waals surface area contributed by atoms with Crippen molar-refractivity contribution in [2.75, 3.05) is 18.4 Å². The summed E-state index contributed by atoms with van der Waals surface area (Å²) in [6.45, 7) is 1.59. The number of amides is 1. The molecule has 0 saturated carbocycles. The van der Waals surface area contributed by atoms with Crippen LogP contribution >= 0.6 is 35.7 Å². The molecular weight excluding hydrogens is 499 g/mol. The van der Waals surface area contributed by atoms with Crippen LogP contribution in [0.2, 0.25) is 0 Å². The highest BCUT2D eigenvalue weighted by atomic mass is 32.2. The molecule has 0 aliphatic carbocycles. The van der Waals surface area contributed by atoms with E-state index in [4.69, 9.17) is 12.2 Å². The molecule has 1 N–H and O–H groups in total. The van der Waals surface area contributed by atoms with Gasteiger partial charge >= 0.3 is 0 Å². The van der Waals surface area contributed by atoms with Gasteiger partial charge in [-0.2, -0.15) is 0 Å². The molecule has 0 aromatic heterocycles. The Kier molecular flexibility index (Phi) is 8.79. The molecule has 1 aliphatic heterocycles. The summed E-state index contributed by atoms with van der Waals surface area (Å²) in [4.78, 5) is 27.3. The van der Waals surface area contributed by atoms with E-state index in [1.165, 1.54) is 29.5 Å². The van der Waals surface area contributed by atoms with Gasteiger partial charge in [0.25, 0.3) is 5.69 Å². The topological polar surface area (TPSA) is 75.5 Å². The first-order chi connectivity index (χ1) is 17.0. The molecule has 0 unspecified atom stereocenters. The van der Waals surface area contributed by atoms with Crippen LogP contribution in [0.5, 0.6) is 0 Å². The van der Waals surface area contributed by atoms with E-state index in [1.807, 2.05) is 42.5 Å². The van der Waals surface area contributed by atoms with E-state index in [2.05, 4.69) is 22.3 Å². The molecule has 1 fully saturated rings. The van der Waals surface area contributed by atoms with Crippen molar-refractivity contribution in [1.82, 2.24) is 4.90 Å². The zero-order chi connectivity index (χ0) is 24.6. The number of benzene rings is 3. The van der Waals surface area contributed by atoms with E-state index in [0.717, 1.165) is 51.5 Å². The fourth-order valence-electron chi connectivity index (χ4n) is 3.76. The van der Waals surface area contributed by atoms with Crippen LogP contribution in [0.4, 0.5) is 11.4 Å². The number of nitrogens with zero attached hydrogens (tertiary/aromatic N) is 2. The molecule has 1 heterocycles. The lowest BCUT2D eigenvalue weighted by Crippen LogP contribution is -2.39. The van der Waals surface area contributed by atoms with Crippen LogP contribution in [0.1, 0.15) is 18.4 Å². The maximum absolute atomic E-state index is 12.8. The Morgan fingerprint density at radius 1 is 0.971 bits per heavy atom. The van der Waals surface area contributed by atoms with Crippen LogP contribution in [-0.4, -0.2) is 33.1 Å². The number of rotatable bonds is 7. The van der Waals surface area contributed by atoms with Crippen LogP contribution < -0.4 is 5.32 Å². The zero-order valence-electron chi connectivity index (χ0n) is 19.0. The third-order valence-electron chi connectivity index (χ3n) is 5.73. The number of nitrogens with one attached hydrogen (secondary N) is 1. The van der Waals surface area contributed by atoms with Gasteiger partial charge in [-0.15, -0.1) is 0 Å². The number of thiocarbonyl (C=S) groups is 1. The predicted molar refractivity (Wildman–Crippen MR) is 147 cm³/mol. The molecular formula is C26H25N3O3S3. The second kappa shape index (κ2) is 12.2. The first-order valence-corrected chi connectivity index (χ1v) is 13.5. The lowest BCUT2D eigenvalue weighted by molar-refractivity contribution is -0.384. The average Bonchev–Trinajstić information content (AvgIpc) is 2.89. The number of thioether (sulfide) groups is 1. The number of nitro benzene ring substituents is 1. The van der Waals surface area contributed by atoms with Gasteiger partial charge in [0.2, 0.25) is 5.91 Å². The molecule has 0 atom stereocenters. The number of nitro groups is 1. The van der Waals surface area contributed by atoms with Gasteiger partial charge in [0, 0.05) is 52.4 Å². The van der Waals surface area contributed by atoms with E-state index < -0.39 is 4.92 Å². The maximum atomic E-state index is 12.8. The second-order valence-corrected chi connectivity index (χ2v) is 10.9. The monoisotopic (exact) mass is 523 g/mol. The number of piperidine rings is 1. The molecule has 3 aromatic rings. The van der Waals surface area contributed by atoms with Crippen LogP contribution in [0, 0.1) is 16.0 Å². The molecule has 9 heteroatoms. The lowest BCUT2D eigenvalue weighted by Gasteiger charge is -2.32. The molecule has 180 valence electrons. The van der Waals surface area contributed by atoms with Crippen molar-refractivity contribution < 1.29 is 9.72 Å². The average molecular weight is 524 g/mol. The minimum absolute atomic E-state index is 0.0256. The fourth-order valence-corrected chi connectivity index (χ4v) is 5.78. The first-order valence-electron chi connectivity index (χ1n) is 11.3. The fraction of sp³-hybridized carbons (Fsp3) is 0.231. The molecule has 1 amide bonds. The minimum atomic E-state index is -0.408. The summed E-state index contributed by atoms with van der Waals surface area (Å²) < 4.78 is 0.897. The largest absolute Gasteiger partial charge is 0.357 e. The van der Waals surface area contributed by atoms with Crippen LogP contribution in [0.3, 0.4) is 0 Å². The Labute approximate surface area is 218 Å². The van der Waals surface area contributed by atoms with E-state index >= 15 is 0 Å². The number of non-ortho nitro benzene ring substituents is 1. The number of carbonyl (C=O) groups excluding carboxylic acids is 1. The number of hydrogen-bond donors (Lipinski definition) is 1. The van der Waals surface area contributed by atoms with Gasteiger partial charge in [0.1, 0.15) is 4.32 Å². The quantitative estimate of drug-likeness (QED) is 0.212. The SMILES string of the molecule is O=C(Nc1ccc(Sc2ccc([N+](=O)[O-])cc2)cc1)C1CCN(C(=S)SCc2ccccc2)CC1. The summed E-state index contributed by atoms with van der Waals surface area (Å²) in [5.74, 6) is 0.879. The van der Waals surface area contributed by atoms with Crippen LogP contribution in [0.25, 0.3) is 0 Å². The Hall–Kier alpha value is -2.88. The Morgan fingerprint density at radius 3 is 2.17 bits per heavy atom.